The molecule has 5 heteroatoms. The minimum Gasteiger partial charge on any atom is -0.497 e. The number of thiocarbonyl (C=S) groups is 1. The van der Waals surface area contributed by atoms with Gasteiger partial charge in [0.15, 0.2) is 0 Å². The third kappa shape index (κ3) is 2.68. The topological polar surface area (TPSA) is 39.4 Å². The second-order valence-electron chi connectivity index (χ2n) is 3.36. The lowest BCUT2D eigenvalue weighted by atomic mass is 10.1. The normalized spacial score (nSPS) is 10.4. The van der Waals surface area contributed by atoms with Crippen LogP contribution in [0.4, 0.5) is 0 Å². The van der Waals surface area contributed by atoms with Crippen LogP contribution in [0.25, 0.3) is 11.0 Å². The summed E-state index contributed by atoms with van der Waals surface area (Å²) in [5.41, 5.74) is 1.10. The van der Waals surface area contributed by atoms with Crippen molar-refractivity contribution in [3.05, 3.63) is 40.2 Å². The fraction of sp³-hybridized carbons (Fsp3) is 0.167. The molecule has 0 unspecified atom stereocenters. The van der Waals surface area contributed by atoms with E-state index in [4.69, 9.17) is 21.4 Å². The molecule has 1 aromatic heterocycles. The van der Waals surface area contributed by atoms with E-state index in [1.807, 2.05) is 12.1 Å². The molecule has 1 heterocycles. The van der Waals surface area contributed by atoms with Crippen LogP contribution in [0.2, 0.25) is 0 Å². The maximum Gasteiger partial charge on any atom is 0.336 e. The Bertz CT molecular complexity index is 604. The van der Waals surface area contributed by atoms with Crippen LogP contribution >= 0.6 is 24.0 Å². The zero-order valence-corrected chi connectivity index (χ0v) is 10.8. The molecule has 2 rings (SSSR count). The average Bonchev–Trinajstić information content (AvgIpc) is 2.34. The van der Waals surface area contributed by atoms with E-state index < -0.39 is 0 Å². The Morgan fingerprint density at radius 3 is 3.00 bits per heavy atom. The predicted octanol–water partition coefficient (Wildman–Crippen LogP) is 2.99. The molecule has 0 N–H and O–H groups in total. The summed E-state index contributed by atoms with van der Waals surface area (Å²) in [5, 5.41) is 0.912. The summed E-state index contributed by atoms with van der Waals surface area (Å²) in [7, 11) is 1.57. The third-order valence-corrected chi connectivity index (χ3v) is 3.37. The van der Waals surface area contributed by atoms with E-state index in [2.05, 4.69) is 0 Å². The standard InChI is InChI=1S/C12H10O3S2/c1-14-9-2-3-10-8(6-17-7-16)4-12(13)15-11(10)5-9/h2-5,7H,6H2,1H3. The van der Waals surface area contributed by atoms with Crippen molar-refractivity contribution in [3.8, 4) is 5.75 Å². The Morgan fingerprint density at radius 2 is 2.29 bits per heavy atom. The van der Waals surface area contributed by atoms with Crippen molar-refractivity contribution < 1.29 is 9.15 Å². The van der Waals surface area contributed by atoms with E-state index in [9.17, 15) is 4.79 Å². The summed E-state index contributed by atoms with van der Waals surface area (Å²) < 4.78 is 11.8. The Labute approximate surface area is 108 Å². The highest BCUT2D eigenvalue weighted by atomic mass is 32.2. The summed E-state index contributed by atoms with van der Waals surface area (Å²) in [4.78, 5) is 11.4. The van der Waals surface area contributed by atoms with Crippen LogP contribution in [0, 0.1) is 0 Å². The minimum absolute atomic E-state index is 0.356. The lowest BCUT2D eigenvalue weighted by Crippen LogP contribution is -2.00. The molecular weight excluding hydrogens is 256 g/mol. The van der Waals surface area contributed by atoms with Crippen LogP contribution in [0.3, 0.4) is 0 Å². The van der Waals surface area contributed by atoms with Crippen molar-refractivity contribution in [2.75, 3.05) is 7.11 Å². The average molecular weight is 266 g/mol. The molecule has 0 aliphatic carbocycles. The molecule has 0 spiro atoms. The molecule has 1 aromatic carbocycles. The summed E-state index contributed by atoms with van der Waals surface area (Å²) >= 11 is 6.24. The lowest BCUT2D eigenvalue weighted by Gasteiger charge is -2.05. The molecule has 0 saturated heterocycles. The van der Waals surface area contributed by atoms with Gasteiger partial charge in [-0.25, -0.2) is 4.79 Å². The maximum absolute atomic E-state index is 11.4. The Hall–Kier alpha value is -1.33. The number of ether oxygens (including phenoxy) is 1. The fourth-order valence-corrected chi connectivity index (χ4v) is 2.27. The van der Waals surface area contributed by atoms with Crippen molar-refractivity contribution in [2.24, 2.45) is 0 Å². The number of benzene rings is 1. The highest BCUT2D eigenvalue weighted by Gasteiger charge is 2.06. The molecule has 0 amide bonds. The zero-order valence-electron chi connectivity index (χ0n) is 9.14. The van der Waals surface area contributed by atoms with E-state index >= 15 is 0 Å². The first kappa shape index (κ1) is 12.1. The molecule has 0 atom stereocenters. The number of thioether (sulfide) groups is 1. The van der Waals surface area contributed by atoms with Gasteiger partial charge in [-0.2, -0.15) is 0 Å². The quantitative estimate of drug-likeness (QED) is 0.628. The van der Waals surface area contributed by atoms with Crippen LogP contribution in [-0.4, -0.2) is 11.8 Å². The highest BCUT2D eigenvalue weighted by Crippen LogP contribution is 2.24. The Balaban J connectivity index is 2.59. The summed E-state index contributed by atoms with van der Waals surface area (Å²) in [5.74, 6) is 1.33. The van der Waals surface area contributed by atoms with Crippen LogP contribution in [0.1, 0.15) is 5.56 Å². The second-order valence-corrected chi connectivity index (χ2v) is 4.75. The van der Waals surface area contributed by atoms with Gasteiger partial charge >= 0.3 is 5.63 Å². The molecule has 88 valence electrons. The van der Waals surface area contributed by atoms with Crippen LogP contribution in [0.5, 0.6) is 5.75 Å². The smallest absolute Gasteiger partial charge is 0.336 e. The van der Waals surface area contributed by atoms with Gasteiger partial charge in [0.2, 0.25) is 0 Å². The van der Waals surface area contributed by atoms with Gasteiger partial charge in [0.1, 0.15) is 11.3 Å². The molecule has 2 aromatic rings. The number of methoxy groups -OCH3 is 1. The highest BCUT2D eigenvalue weighted by molar-refractivity contribution is 8.20. The van der Waals surface area contributed by atoms with Gasteiger partial charge in [0.05, 0.1) is 7.11 Å². The molecule has 0 radical (unpaired) electrons. The number of fused-ring (bicyclic) bond motifs is 1. The molecule has 0 bridgehead atoms. The van der Waals surface area contributed by atoms with Gasteiger partial charge < -0.3 is 9.15 Å². The van der Waals surface area contributed by atoms with Crippen molar-refractivity contribution in [3.63, 3.8) is 0 Å². The maximum atomic E-state index is 11.4. The second kappa shape index (κ2) is 5.33. The van der Waals surface area contributed by atoms with E-state index in [1.165, 1.54) is 17.8 Å². The zero-order chi connectivity index (χ0) is 12.3. The molecule has 3 nitrogen and oxygen atoms in total. The van der Waals surface area contributed by atoms with E-state index in [1.54, 1.807) is 17.9 Å². The molecule has 0 fully saturated rings. The van der Waals surface area contributed by atoms with Crippen molar-refractivity contribution >= 4 is 39.6 Å². The monoisotopic (exact) mass is 266 g/mol. The third-order valence-electron chi connectivity index (χ3n) is 2.34. The lowest BCUT2D eigenvalue weighted by molar-refractivity contribution is 0.414. The molecular formula is C12H10O3S2. The van der Waals surface area contributed by atoms with Gasteiger partial charge in [0.25, 0.3) is 0 Å². The largest absolute Gasteiger partial charge is 0.497 e. The van der Waals surface area contributed by atoms with Crippen LogP contribution in [0.15, 0.2) is 33.5 Å². The first-order chi connectivity index (χ1) is 8.24. The van der Waals surface area contributed by atoms with Gasteiger partial charge in [-0.3, -0.25) is 0 Å². The predicted molar refractivity (Wildman–Crippen MR) is 74.0 cm³/mol. The van der Waals surface area contributed by atoms with E-state index in [0.29, 0.717) is 17.1 Å². The summed E-state index contributed by atoms with van der Waals surface area (Å²) in [6.45, 7) is 0. The molecule has 17 heavy (non-hydrogen) atoms. The Kier molecular flexibility index (Phi) is 3.81. The van der Waals surface area contributed by atoms with Gasteiger partial charge in [-0.05, 0) is 17.7 Å². The first-order valence-corrected chi connectivity index (χ1v) is 6.42. The van der Waals surface area contributed by atoms with Gasteiger partial charge in [0, 0.05) is 28.0 Å². The fourth-order valence-electron chi connectivity index (χ4n) is 1.58. The van der Waals surface area contributed by atoms with Gasteiger partial charge in [-0.1, -0.05) is 12.2 Å². The van der Waals surface area contributed by atoms with Gasteiger partial charge in [-0.15, -0.1) is 11.8 Å². The van der Waals surface area contributed by atoms with Crippen molar-refractivity contribution in [1.82, 2.24) is 0 Å². The van der Waals surface area contributed by atoms with E-state index in [0.717, 1.165) is 10.9 Å². The van der Waals surface area contributed by atoms with Crippen LogP contribution < -0.4 is 10.4 Å². The van der Waals surface area contributed by atoms with E-state index in [-0.39, 0.29) is 5.63 Å². The summed E-state index contributed by atoms with van der Waals surface area (Å²) in [6, 6.07) is 6.94. The van der Waals surface area contributed by atoms with Crippen molar-refractivity contribution in [2.45, 2.75) is 5.75 Å². The number of hydrogen-bond donors (Lipinski definition) is 0. The summed E-state index contributed by atoms with van der Waals surface area (Å²) in [6.07, 6.45) is 0. The van der Waals surface area contributed by atoms with Crippen molar-refractivity contribution in [1.29, 1.82) is 0 Å². The molecule has 0 aliphatic rings. The number of rotatable bonds is 4. The Morgan fingerprint density at radius 1 is 1.47 bits per heavy atom. The first-order valence-electron chi connectivity index (χ1n) is 4.90. The molecule has 0 saturated carbocycles. The van der Waals surface area contributed by atoms with Crippen LogP contribution in [-0.2, 0) is 5.75 Å². The minimum atomic E-state index is -0.356. The molecule has 0 aliphatic heterocycles. The SMILES string of the molecule is COc1ccc2c(CSC=S)cc(=O)oc2c1. The number of hydrogen-bond acceptors (Lipinski definition) is 5.